The summed E-state index contributed by atoms with van der Waals surface area (Å²) in [5.74, 6) is 0. The molecular weight excluding hydrogens is 604 g/mol. The molecule has 5 heteroatoms. The van der Waals surface area contributed by atoms with Crippen LogP contribution in [-0.2, 0) is 39.3 Å². The van der Waals surface area contributed by atoms with Crippen LogP contribution in [0.5, 0.6) is 0 Å². The third-order valence-electron chi connectivity index (χ3n) is 9.26. The van der Waals surface area contributed by atoms with E-state index in [-0.39, 0.29) is 41.1 Å². The second kappa shape index (κ2) is 14.7. The van der Waals surface area contributed by atoms with Gasteiger partial charge in [0.1, 0.15) is 0 Å². The van der Waals surface area contributed by atoms with Crippen molar-refractivity contribution in [1.82, 2.24) is 19.8 Å². The number of aromatic nitrogens is 2. The fourth-order valence-corrected chi connectivity index (χ4v) is 7.82. The zero-order valence-corrected chi connectivity index (χ0v) is 30.2. The van der Waals surface area contributed by atoms with E-state index in [0.717, 1.165) is 24.5 Å². The minimum absolute atomic E-state index is 0. The van der Waals surface area contributed by atoms with E-state index in [1.165, 1.54) is 94.7 Å². The Balaban J connectivity index is 0.00000169. The average molecular weight is 654 g/mol. The molecule has 2 aromatic heterocycles. The van der Waals surface area contributed by atoms with E-state index >= 15 is 0 Å². The van der Waals surface area contributed by atoms with Crippen LogP contribution >= 0.6 is 0 Å². The Bertz CT molecular complexity index is 1350. The molecule has 0 spiro atoms. The molecule has 0 N–H and O–H groups in total. The van der Waals surface area contributed by atoms with Gasteiger partial charge in [-0.15, -0.1) is 22.8 Å². The minimum atomic E-state index is 0. The summed E-state index contributed by atoms with van der Waals surface area (Å²) in [6.07, 6.45) is 5.13. The molecule has 0 saturated carbocycles. The molecule has 4 nitrogen and oxygen atoms in total. The summed E-state index contributed by atoms with van der Waals surface area (Å²) in [5.41, 5.74) is 15.2. The number of hydrogen-bond acceptors (Lipinski definition) is 2. The third-order valence-corrected chi connectivity index (χ3v) is 9.26. The summed E-state index contributed by atoms with van der Waals surface area (Å²) in [6.45, 7) is 17.4. The van der Waals surface area contributed by atoms with Crippen molar-refractivity contribution in [3.05, 3.63) is 108 Å². The van der Waals surface area contributed by atoms with Crippen molar-refractivity contribution in [3.8, 4) is 22.5 Å². The van der Waals surface area contributed by atoms with Crippen LogP contribution in [0.15, 0.2) is 48.5 Å². The molecule has 2 fully saturated rings. The molecule has 2 aliphatic rings. The fourth-order valence-electron chi connectivity index (χ4n) is 7.82. The maximum absolute atomic E-state index is 5.13. The van der Waals surface area contributed by atoms with Crippen molar-refractivity contribution in [2.75, 3.05) is 13.1 Å². The molecule has 0 aliphatic carbocycles. The number of likely N-dealkylation sites (tertiary alicyclic amines) is 2. The monoisotopic (exact) mass is 652 g/mol. The summed E-state index contributed by atoms with van der Waals surface area (Å²) in [7, 11) is 0. The van der Waals surface area contributed by atoms with E-state index in [4.69, 9.17) is 9.97 Å². The molecule has 2 saturated heterocycles. The quantitative estimate of drug-likeness (QED) is 0.188. The zero-order valence-electron chi connectivity index (χ0n) is 27.7. The number of aryl methyl sites for hydroxylation is 6. The van der Waals surface area contributed by atoms with Crippen LogP contribution in [0, 0.1) is 56.4 Å². The normalized spacial score (nSPS) is 18.7. The van der Waals surface area contributed by atoms with Crippen LogP contribution in [0.25, 0.3) is 22.5 Å². The van der Waals surface area contributed by atoms with Crippen LogP contribution in [0.3, 0.4) is 0 Å². The van der Waals surface area contributed by atoms with E-state index in [1.807, 2.05) is 0 Å². The molecule has 0 bridgehead atoms. The maximum atomic E-state index is 5.13. The molecule has 2 atom stereocenters. The van der Waals surface area contributed by atoms with Crippen molar-refractivity contribution in [3.63, 3.8) is 0 Å². The molecule has 2 aromatic carbocycles. The molecular formula is C38H50N4Zr. The van der Waals surface area contributed by atoms with Gasteiger partial charge in [0.25, 0.3) is 0 Å². The van der Waals surface area contributed by atoms with Gasteiger partial charge < -0.3 is 24.8 Å². The number of hydrogen-bond donors (Lipinski definition) is 0. The molecule has 0 amide bonds. The maximum Gasteiger partial charge on any atom is 4.00 e. The van der Waals surface area contributed by atoms with E-state index < -0.39 is 0 Å². The minimum Gasteiger partial charge on any atom is -0.660 e. The Morgan fingerprint density at radius 2 is 0.930 bits per heavy atom. The van der Waals surface area contributed by atoms with Crippen LogP contribution < -0.4 is 9.97 Å². The first-order valence-electron chi connectivity index (χ1n) is 15.2. The van der Waals surface area contributed by atoms with Gasteiger partial charge in [-0.25, -0.2) is 0 Å². The first-order chi connectivity index (χ1) is 19.3. The summed E-state index contributed by atoms with van der Waals surface area (Å²) in [6, 6.07) is 19.2. The summed E-state index contributed by atoms with van der Waals surface area (Å²) in [4.78, 5) is 15.7. The van der Waals surface area contributed by atoms with Crippen LogP contribution in [-0.4, -0.2) is 35.0 Å². The van der Waals surface area contributed by atoms with Gasteiger partial charge in [-0.1, -0.05) is 59.7 Å². The predicted octanol–water partition coefficient (Wildman–Crippen LogP) is 8.31. The molecule has 226 valence electrons. The zero-order chi connectivity index (χ0) is 28.0. The molecule has 2 aliphatic heterocycles. The predicted molar refractivity (Wildman–Crippen MR) is 179 cm³/mol. The van der Waals surface area contributed by atoms with Gasteiger partial charge in [-0.3, -0.25) is 9.80 Å². The van der Waals surface area contributed by atoms with Crippen molar-refractivity contribution in [2.24, 2.45) is 0 Å². The second-order valence-electron chi connectivity index (χ2n) is 12.6. The van der Waals surface area contributed by atoms with Crippen molar-refractivity contribution >= 4 is 0 Å². The SMILES string of the molecule is Cc1cc(C)c(-c2ccc(CN3CCC[C@H]3[C@@H]3CCCN3Cc3ccc(-c4c(C)cc(C)cc4C)[n-]3)[n-]2)c(C)c1.[CH3-].[CH3-].[Zr+4]. The van der Waals surface area contributed by atoms with Crippen molar-refractivity contribution < 1.29 is 26.2 Å². The Labute approximate surface area is 280 Å². The molecule has 0 unspecified atom stereocenters. The largest absolute Gasteiger partial charge is 4.00 e. The van der Waals surface area contributed by atoms with E-state index in [2.05, 4.69) is 99.9 Å². The van der Waals surface area contributed by atoms with Crippen molar-refractivity contribution in [1.29, 1.82) is 0 Å². The van der Waals surface area contributed by atoms with Crippen molar-refractivity contribution in [2.45, 2.75) is 92.4 Å². The van der Waals surface area contributed by atoms with Crippen LogP contribution in [0.1, 0.15) is 70.5 Å². The Hall–Kier alpha value is -2.20. The van der Waals surface area contributed by atoms with Gasteiger partial charge in [0.15, 0.2) is 0 Å². The fraction of sp³-hybridized carbons (Fsp3) is 0.421. The summed E-state index contributed by atoms with van der Waals surface area (Å²) >= 11 is 0. The van der Waals surface area contributed by atoms with Gasteiger partial charge in [-0.2, -0.15) is 0 Å². The van der Waals surface area contributed by atoms with E-state index in [9.17, 15) is 0 Å². The van der Waals surface area contributed by atoms with Gasteiger partial charge in [-0.05, 0) is 114 Å². The first kappa shape index (κ1) is 35.3. The van der Waals surface area contributed by atoms with Gasteiger partial charge >= 0.3 is 26.2 Å². The van der Waals surface area contributed by atoms with Gasteiger partial charge in [0.05, 0.1) is 0 Å². The topological polar surface area (TPSA) is 34.7 Å². The number of nitrogens with zero attached hydrogens (tertiary/aromatic N) is 4. The smallest absolute Gasteiger partial charge is 0.660 e. The summed E-state index contributed by atoms with van der Waals surface area (Å²) in [5, 5.41) is 0. The number of rotatable bonds is 7. The van der Waals surface area contributed by atoms with Crippen LogP contribution in [0.2, 0.25) is 0 Å². The Morgan fingerprint density at radius 1 is 0.581 bits per heavy atom. The van der Waals surface area contributed by atoms with E-state index in [1.54, 1.807) is 0 Å². The molecule has 0 radical (unpaired) electrons. The molecule has 43 heavy (non-hydrogen) atoms. The average Bonchev–Trinajstić information content (AvgIpc) is 3.67. The molecule has 4 aromatic rings. The van der Waals surface area contributed by atoms with Gasteiger partial charge in [0.2, 0.25) is 0 Å². The third kappa shape index (κ3) is 7.38. The first-order valence-corrected chi connectivity index (χ1v) is 15.2. The Morgan fingerprint density at radius 3 is 1.28 bits per heavy atom. The number of benzene rings is 2. The van der Waals surface area contributed by atoms with Crippen LogP contribution in [0.4, 0.5) is 0 Å². The van der Waals surface area contributed by atoms with Gasteiger partial charge in [0, 0.05) is 25.2 Å². The molecule has 6 rings (SSSR count). The Kier molecular flexibility index (Phi) is 12.1. The summed E-state index contributed by atoms with van der Waals surface area (Å²) < 4.78 is 0. The standard InChI is InChI=1S/C36H44N4.2CH3.Zr/c1-23-17-25(3)35(26(4)18-23)31-13-11-29(37-31)21-39-15-7-9-33(39)34-10-8-16-40(34)22-30-12-14-32(38-30)36-27(5)19-24(2)20-28(36)6;;;/h11-14,17-20,33-34H,7-10,15-16,21-22H2,1-6H3;2*1H3;/q-2;2*-1;+4/t33-,34-;;;/m0.../s1. The van der Waals surface area contributed by atoms with E-state index in [0.29, 0.717) is 12.1 Å². The molecule has 4 heterocycles. The second-order valence-corrected chi connectivity index (χ2v) is 12.6.